The largest absolute Gasteiger partial charge is 0.480 e. The smallest absolute Gasteiger partial charge is 0.326 e. The molecule has 0 aromatic heterocycles. The quantitative estimate of drug-likeness (QED) is 0.799. The van der Waals surface area contributed by atoms with Crippen molar-refractivity contribution in [2.45, 2.75) is 32.7 Å². The monoisotopic (exact) mass is 354 g/mol. The molecule has 1 amide bonds. The van der Waals surface area contributed by atoms with Crippen LogP contribution in [0.15, 0.2) is 22.7 Å². The number of nitrogens with two attached hydrogens (primary N) is 1. The van der Waals surface area contributed by atoms with Gasteiger partial charge in [0.25, 0.3) is 5.91 Å². The topological polar surface area (TPSA) is 83.6 Å². The summed E-state index contributed by atoms with van der Waals surface area (Å²) in [6.45, 7) is 4.23. The first-order valence-corrected chi connectivity index (χ1v) is 7.62. The maximum absolute atomic E-state index is 12.7. The molecule has 1 aromatic rings. The van der Waals surface area contributed by atoms with Gasteiger partial charge in [0.15, 0.2) is 0 Å². The lowest BCUT2D eigenvalue weighted by atomic mass is 9.76. The molecule has 1 aliphatic heterocycles. The van der Waals surface area contributed by atoms with Gasteiger partial charge in [-0.15, -0.1) is 0 Å². The third kappa shape index (κ3) is 3.05. The normalized spacial score (nSPS) is 21.1. The van der Waals surface area contributed by atoms with Gasteiger partial charge in [-0.25, -0.2) is 4.79 Å². The molecule has 21 heavy (non-hydrogen) atoms. The van der Waals surface area contributed by atoms with Gasteiger partial charge in [-0.3, -0.25) is 4.79 Å². The van der Waals surface area contributed by atoms with E-state index in [2.05, 4.69) is 15.9 Å². The fourth-order valence-corrected chi connectivity index (χ4v) is 3.17. The molecule has 0 aliphatic carbocycles. The van der Waals surface area contributed by atoms with Gasteiger partial charge in [-0.05, 0) is 52.4 Å². The zero-order valence-corrected chi connectivity index (χ0v) is 13.7. The highest BCUT2D eigenvalue weighted by molar-refractivity contribution is 9.10. The molecule has 114 valence electrons. The number of hydrogen-bond acceptors (Lipinski definition) is 3. The van der Waals surface area contributed by atoms with Gasteiger partial charge >= 0.3 is 5.97 Å². The van der Waals surface area contributed by atoms with Gasteiger partial charge in [-0.2, -0.15) is 0 Å². The molecule has 1 aliphatic rings. The average Bonchev–Trinajstić information content (AvgIpc) is 2.39. The van der Waals surface area contributed by atoms with E-state index in [9.17, 15) is 14.7 Å². The van der Waals surface area contributed by atoms with Gasteiger partial charge < -0.3 is 15.7 Å². The Morgan fingerprint density at radius 1 is 1.43 bits per heavy atom. The second kappa shape index (κ2) is 5.67. The first kappa shape index (κ1) is 15.8. The van der Waals surface area contributed by atoms with E-state index in [1.807, 2.05) is 13.8 Å². The van der Waals surface area contributed by atoms with Crippen LogP contribution in [0.4, 0.5) is 5.69 Å². The Balaban J connectivity index is 2.35. The van der Waals surface area contributed by atoms with Crippen LogP contribution in [0.5, 0.6) is 0 Å². The summed E-state index contributed by atoms with van der Waals surface area (Å²) in [5, 5.41) is 9.51. The van der Waals surface area contributed by atoms with Crippen molar-refractivity contribution in [3.63, 3.8) is 0 Å². The Morgan fingerprint density at radius 3 is 2.67 bits per heavy atom. The Hall–Kier alpha value is -1.56. The number of likely N-dealkylation sites (tertiary alicyclic amines) is 1. The molecule has 1 unspecified atom stereocenters. The predicted molar refractivity (Wildman–Crippen MR) is 84.0 cm³/mol. The summed E-state index contributed by atoms with van der Waals surface area (Å²) < 4.78 is 0.716. The van der Waals surface area contributed by atoms with Crippen molar-refractivity contribution in [1.29, 1.82) is 0 Å². The number of aliphatic carboxylic acids is 1. The third-order valence-electron chi connectivity index (χ3n) is 4.01. The summed E-state index contributed by atoms with van der Waals surface area (Å²) in [5.74, 6) is -1.24. The molecular formula is C15H19BrN2O3. The number of carboxylic acids is 1. The van der Waals surface area contributed by atoms with E-state index >= 15 is 0 Å². The van der Waals surface area contributed by atoms with Crippen LogP contribution in [0, 0.1) is 5.41 Å². The van der Waals surface area contributed by atoms with E-state index in [1.54, 1.807) is 18.2 Å². The molecule has 2 rings (SSSR count). The van der Waals surface area contributed by atoms with Crippen molar-refractivity contribution >= 4 is 33.5 Å². The Kier molecular flexibility index (Phi) is 4.27. The van der Waals surface area contributed by atoms with Gasteiger partial charge in [0.1, 0.15) is 6.04 Å². The number of benzene rings is 1. The zero-order valence-electron chi connectivity index (χ0n) is 12.1. The summed E-state index contributed by atoms with van der Waals surface area (Å²) in [6, 6.07) is 4.12. The average molecular weight is 355 g/mol. The van der Waals surface area contributed by atoms with Crippen molar-refractivity contribution in [1.82, 2.24) is 4.90 Å². The third-order valence-corrected chi connectivity index (χ3v) is 4.73. The summed E-state index contributed by atoms with van der Waals surface area (Å²) in [7, 11) is 0. The summed E-state index contributed by atoms with van der Waals surface area (Å²) in [5.41, 5.74) is 6.24. The standard InChI is InChI=1S/C15H19BrN2O3/c1-15(2)6-3-7-18(12(15)14(20)21)13(19)9-4-5-10(16)11(17)8-9/h4-5,8,12H,3,6-7,17H2,1-2H3,(H,20,21). The number of amides is 1. The number of carbonyl (C=O) groups excluding carboxylic acids is 1. The van der Waals surface area contributed by atoms with Gasteiger partial charge in [0.2, 0.25) is 0 Å². The number of nitrogen functional groups attached to an aromatic ring is 1. The van der Waals surface area contributed by atoms with Crippen LogP contribution in [0.3, 0.4) is 0 Å². The van der Waals surface area contributed by atoms with Gasteiger partial charge in [0, 0.05) is 22.3 Å². The molecule has 6 heteroatoms. The van der Waals surface area contributed by atoms with Gasteiger partial charge in [0.05, 0.1) is 0 Å². The number of nitrogens with zero attached hydrogens (tertiary/aromatic N) is 1. The van der Waals surface area contributed by atoms with Crippen LogP contribution in [0.1, 0.15) is 37.0 Å². The van der Waals surface area contributed by atoms with E-state index in [4.69, 9.17) is 5.73 Å². The van der Waals surface area contributed by atoms with Crippen LogP contribution in [-0.2, 0) is 4.79 Å². The second-order valence-electron chi connectivity index (χ2n) is 6.07. The summed E-state index contributed by atoms with van der Waals surface area (Å²) >= 11 is 3.28. The molecule has 0 radical (unpaired) electrons. The van der Waals surface area contributed by atoms with Crippen molar-refractivity contribution in [3.8, 4) is 0 Å². The van der Waals surface area contributed by atoms with E-state index in [-0.39, 0.29) is 5.91 Å². The maximum atomic E-state index is 12.7. The minimum absolute atomic E-state index is 0.283. The van der Waals surface area contributed by atoms with Crippen LogP contribution in [0.2, 0.25) is 0 Å². The maximum Gasteiger partial charge on any atom is 0.326 e. The molecular weight excluding hydrogens is 336 g/mol. The zero-order chi connectivity index (χ0) is 15.8. The molecule has 1 heterocycles. The first-order chi connectivity index (χ1) is 9.74. The fraction of sp³-hybridized carbons (Fsp3) is 0.467. The van der Waals surface area contributed by atoms with E-state index in [1.165, 1.54) is 4.90 Å². The lowest BCUT2D eigenvalue weighted by molar-refractivity contribution is -0.148. The van der Waals surface area contributed by atoms with E-state index in [0.29, 0.717) is 22.3 Å². The lowest BCUT2D eigenvalue weighted by Gasteiger charge is -2.44. The molecule has 0 bridgehead atoms. The second-order valence-corrected chi connectivity index (χ2v) is 6.92. The minimum atomic E-state index is -0.960. The number of anilines is 1. The number of rotatable bonds is 2. The van der Waals surface area contributed by atoms with E-state index in [0.717, 1.165) is 12.8 Å². The Morgan fingerprint density at radius 2 is 2.10 bits per heavy atom. The summed E-state index contributed by atoms with van der Waals surface area (Å²) in [6.07, 6.45) is 1.59. The van der Waals surface area contributed by atoms with E-state index < -0.39 is 17.4 Å². The molecule has 1 saturated heterocycles. The van der Waals surface area contributed by atoms with Crippen molar-refractivity contribution in [2.75, 3.05) is 12.3 Å². The highest BCUT2D eigenvalue weighted by atomic mass is 79.9. The number of carbonyl (C=O) groups is 2. The minimum Gasteiger partial charge on any atom is -0.480 e. The fourth-order valence-electron chi connectivity index (χ4n) is 2.92. The first-order valence-electron chi connectivity index (χ1n) is 6.83. The van der Waals surface area contributed by atoms with Crippen molar-refractivity contribution < 1.29 is 14.7 Å². The highest BCUT2D eigenvalue weighted by Crippen LogP contribution is 2.36. The lowest BCUT2D eigenvalue weighted by Crippen LogP contribution is -2.56. The number of piperidine rings is 1. The van der Waals surface area contributed by atoms with Crippen LogP contribution >= 0.6 is 15.9 Å². The molecule has 1 atom stereocenters. The SMILES string of the molecule is CC1(C)CCCN(C(=O)c2ccc(Br)c(N)c2)C1C(=O)O. The highest BCUT2D eigenvalue weighted by Gasteiger charge is 2.44. The number of hydrogen-bond donors (Lipinski definition) is 2. The Labute approximate surface area is 132 Å². The molecule has 0 spiro atoms. The van der Waals surface area contributed by atoms with Gasteiger partial charge in [-0.1, -0.05) is 13.8 Å². The number of carboxylic acid groups (broad SMARTS) is 1. The predicted octanol–water partition coefficient (Wildman–Crippen LogP) is 2.75. The van der Waals surface area contributed by atoms with Crippen LogP contribution in [0.25, 0.3) is 0 Å². The molecule has 1 fully saturated rings. The molecule has 0 saturated carbocycles. The number of halogens is 1. The molecule has 5 nitrogen and oxygen atoms in total. The van der Waals surface area contributed by atoms with Crippen LogP contribution in [-0.4, -0.2) is 34.5 Å². The van der Waals surface area contributed by atoms with Crippen molar-refractivity contribution in [2.24, 2.45) is 5.41 Å². The summed E-state index contributed by atoms with van der Waals surface area (Å²) in [4.78, 5) is 25.7. The van der Waals surface area contributed by atoms with Crippen LogP contribution < -0.4 is 5.73 Å². The Bertz CT molecular complexity index is 586. The van der Waals surface area contributed by atoms with Crippen molar-refractivity contribution in [3.05, 3.63) is 28.2 Å². The molecule has 1 aromatic carbocycles. The molecule has 3 N–H and O–H groups in total.